The average Bonchev–Trinajstić information content (AvgIpc) is 3.51. The van der Waals surface area contributed by atoms with Crippen molar-refractivity contribution in [1.82, 2.24) is 5.32 Å². The number of ether oxygens (including phenoxy) is 1. The van der Waals surface area contributed by atoms with Crippen LogP contribution in [0, 0.1) is 12.3 Å². The van der Waals surface area contributed by atoms with Gasteiger partial charge in [0.05, 0.1) is 12.7 Å². The van der Waals surface area contributed by atoms with Crippen LogP contribution in [-0.4, -0.2) is 31.2 Å². The van der Waals surface area contributed by atoms with Gasteiger partial charge >= 0.3 is 5.97 Å². The molecule has 142 valence electrons. The zero-order chi connectivity index (χ0) is 20.0. The second-order valence-electron chi connectivity index (χ2n) is 6.48. The molecule has 28 heavy (non-hydrogen) atoms. The number of hydrogen-bond donors (Lipinski definition) is 1. The van der Waals surface area contributed by atoms with Crippen LogP contribution in [0.25, 0.3) is 11.1 Å². The lowest BCUT2D eigenvalue weighted by atomic mass is 9.95. The van der Waals surface area contributed by atoms with Gasteiger partial charge in [0.1, 0.15) is 0 Å². The van der Waals surface area contributed by atoms with E-state index in [4.69, 9.17) is 11.2 Å². The molecule has 0 radical (unpaired) electrons. The van der Waals surface area contributed by atoms with Gasteiger partial charge in [0.2, 0.25) is 0 Å². The number of nitrogens with zero attached hydrogens (tertiary/aromatic N) is 2. The van der Waals surface area contributed by atoms with Crippen LogP contribution in [-0.2, 0) is 4.74 Å². The summed E-state index contributed by atoms with van der Waals surface area (Å²) in [6.45, 7) is 0.434. The van der Waals surface area contributed by atoms with E-state index in [0.29, 0.717) is 48.1 Å². The summed E-state index contributed by atoms with van der Waals surface area (Å²) in [6.07, 6.45) is 7.21. The van der Waals surface area contributed by atoms with Gasteiger partial charge in [-0.2, -0.15) is 10.2 Å². The topological polar surface area (TPSA) is 80.1 Å². The zero-order valence-corrected chi connectivity index (χ0v) is 15.6. The molecule has 6 nitrogen and oxygen atoms in total. The van der Waals surface area contributed by atoms with Gasteiger partial charge in [-0.25, -0.2) is 4.79 Å². The normalized spacial score (nSPS) is 13.4. The first-order valence-electron chi connectivity index (χ1n) is 9.03. The van der Waals surface area contributed by atoms with Crippen molar-refractivity contribution in [2.24, 2.45) is 10.2 Å². The summed E-state index contributed by atoms with van der Waals surface area (Å²) >= 11 is 0. The molecule has 0 atom stereocenters. The van der Waals surface area contributed by atoms with Gasteiger partial charge in [-0.3, -0.25) is 4.79 Å². The maximum absolute atomic E-state index is 12.8. The number of esters is 1. The van der Waals surface area contributed by atoms with E-state index in [2.05, 4.69) is 21.5 Å². The molecule has 0 fully saturated rings. The van der Waals surface area contributed by atoms with Gasteiger partial charge in [0, 0.05) is 31.4 Å². The predicted molar refractivity (Wildman–Crippen MR) is 106 cm³/mol. The number of benzene rings is 2. The van der Waals surface area contributed by atoms with Gasteiger partial charge in [0.25, 0.3) is 5.91 Å². The van der Waals surface area contributed by atoms with E-state index in [1.165, 1.54) is 7.11 Å². The lowest BCUT2D eigenvalue weighted by molar-refractivity contribution is 0.0601. The molecule has 1 aliphatic rings. The fraction of sp³-hybridized carbons (Fsp3) is 0.273. The number of carbonyl (C=O) groups excluding carboxylic acids is 2. The molecule has 2 aromatic carbocycles. The Morgan fingerprint density at radius 2 is 1.64 bits per heavy atom. The van der Waals surface area contributed by atoms with Gasteiger partial charge in [0.15, 0.2) is 5.66 Å². The van der Waals surface area contributed by atoms with Crippen LogP contribution in [0.2, 0.25) is 0 Å². The molecule has 0 saturated heterocycles. The monoisotopic (exact) mass is 375 g/mol. The van der Waals surface area contributed by atoms with Crippen LogP contribution in [0.1, 0.15) is 40.0 Å². The number of amides is 1. The first kappa shape index (κ1) is 19.3. The molecular formula is C22H21N3O3. The molecule has 1 heterocycles. The van der Waals surface area contributed by atoms with Crippen molar-refractivity contribution >= 4 is 11.9 Å². The van der Waals surface area contributed by atoms with Crippen molar-refractivity contribution in [3.05, 3.63) is 59.7 Å². The summed E-state index contributed by atoms with van der Waals surface area (Å²) in [7, 11) is 1.34. The lowest BCUT2D eigenvalue weighted by Gasteiger charge is -2.14. The maximum Gasteiger partial charge on any atom is 0.338 e. The number of carbonyl (C=O) groups is 2. The number of nitrogens with one attached hydrogen (secondary N) is 1. The van der Waals surface area contributed by atoms with E-state index in [1.807, 2.05) is 18.2 Å². The standard InChI is InChI=1S/C22H21N3O3/c1-3-4-13-22(24-25-22)14-15-23-20(26)18-11-7-5-9-16(18)17-10-6-8-12-19(17)21(27)28-2/h1,5-12H,4,13-15H2,2H3,(H,23,26). The Morgan fingerprint density at radius 1 is 1.04 bits per heavy atom. The highest BCUT2D eigenvalue weighted by atomic mass is 16.5. The fourth-order valence-electron chi connectivity index (χ4n) is 3.06. The summed E-state index contributed by atoms with van der Waals surface area (Å²) in [6, 6.07) is 14.2. The van der Waals surface area contributed by atoms with Gasteiger partial charge in [-0.1, -0.05) is 36.4 Å². The van der Waals surface area contributed by atoms with E-state index in [9.17, 15) is 9.59 Å². The van der Waals surface area contributed by atoms with Gasteiger partial charge in [-0.05, 0) is 23.3 Å². The van der Waals surface area contributed by atoms with Crippen LogP contribution in [0.5, 0.6) is 0 Å². The van der Waals surface area contributed by atoms with E-state index in [1.54, 1.807) is 30.3 Å². The van der Waals surface area contributed by atoms with Gasteiger partial charge in [-0.15, -0.1) is 12.3 Å². The maximum atomic E-state index is 12.8. The highest BCUT2D eigenvalue weighted by molar-refractivity contribution is 6.04. The van der Waals surface area contributed by atoms with E-state index < -0.39 is 11.6 Å². The van der Waals surface area contributed by atoms with Crippen molar-refractivity contribution in [2.75, 3.05) is 13.7 Å². The van der Waals surface area contributed by atoms with Crippen molar-refractivity contribution in [3.63, 3.8) is 0 Å². The molecule has 1 amide bonds. The Morgan fingerprint density at radius 3 is 2.25 bits per heavy atom. The summed E-state index contributed by atoms with van der Waals surface area (Å²) in [5, 5.41) is 11.1. The molecule has 0 bridgehead atoms. The lowest BCUT2D eigenvalue weighted by Crippen LogP contribution is -2.28. The molecule has 0 saturated carbocycles. The predicted octanol–water partition coefficient (Wildman–Crippen LogP) is 3.84. The number of terminal acetylenes is 1. The minimum absolute atomic E-state index is 0.219. The second-order valence-corrected chi connectivity index (χ2v) is 6.48. The molecule has 2 aromatic rings. The largest absolute Gasteiger partial charge is 0.465 e. The van der Waals surface area contributed by atoms with E-state index in [-0.39, 0.29) is 5.91 Å². The van der Waals surface area contributed by atoms with Crippen molar-refractivity contribution in [1.29, 1.82) is 0 Å². The van der Waals surface area contributed by atoms with Crippen LogP contribution in [0.15, 0.2) is 58.8 Å². The molecule has 0 aromatic heterocycles. The quantitative estimate of drug-likeness (QED) is 0.562. The third-order valence-corrected chi connectivity index (χ3v) is 4.66. The number of rotatable bonds is 8. The summed E-state index contributed by atoms with van der Waals surface area (Å²) in [5.41, 5.74) is 1.79. The average molecular weight is 375 g/mol. The smallest absolute Gasteiger partial charge is 0.338 e. The molecule has 0 unspecified atom stereocenters. The zero-order valence-electron chi connectivity index (χ0n) is 15.6. The minimum atomic E-state index is -0.446. The van der Waals surface area contributed by atoms with Crippen LogP contribution in [0.3, 0.4) is 0 Å². The molecule has 1 N–H and O–H groups in total. The third-order valence-electron chi connectivity index (χ3n) is 4.66. The van der Waals surface area contributed by atoms with Gasteiger partial charge < -0.3 is 10.1 Å². The summed E-state index contributed by atoms with van der Waals surface area (Å²) in [5.74, 6) is 1.92. The van der Waals surface area contributed by atoms with E-state index in [0.717, 1.165) is 0 Å². The molecule has 3 rings (SSSR count). The highest BCUT2D eigenvalue weighted by Gasteiger charge is 2.38. The Bertz CT molecular complexity index is 953. The fourth-order valence-corrected chi connectivity index (χ4v) is 3.06. The van der Waals surface area contributed by atoms with Crippen LogP contribution in [0.4, 0.5) is 0 Å². The SMILES string of the molecule is C#CCCC1(CCNC(=O)c2ccccc2-c2ccccc2C(=O)OC)N=N1. The Kier molecular flexibility index (Phi) is 5.85. The van der Waals surface area contributed by atoms with Crippen LogP contribution >= 0.6 is 0 Å². The number of hydrogen-bond acceptors (Lipinski definition) is 5. The summed E-state index contributed by atoms with van der Waals surface area (Å²) in [4.78, 5) is 24.9. The van der Waals surface area contributed by atoms with Crippen molar-refractivity contribution in [3.8, 4) is 23.5 Å². The molecule has 6 heteroatoms. The molecule has 1 aliphatic heterocycles. The van der Waals surface area contributed by atoms with E-state index >= 15 is 0 Å². The third kappa shape index (κ3) is 4.26. The first-order valence-corrected chi connectivity index (χ1v) is 9.03. The van der Waals surface area contributed by atoms with Crippen molar-refractivity contribution in [2.45, 2.75) is 24.9 Å². The second kappa shape index (κ2) is 8.49. The Hall–Kier alpha value is -3.46. The number of methoxy groups -OCH3 is 1. The molecule has 0 spiro atoms. The minimum Gasteiger partial charge on any atom is -0.465 e. The highest BCUT2D eigenvalue weighted by Crippen LogP contribution is 2.36. The van der Waals surface area contributed by atoms with Crippen molar-refractivity contribution < 1.29 is 14.3 Å². The molecular weight excluding hydrogens is 354 g/mol. The van der Waals surface area contributed by atoms with Crippen LogP contribution < -0.4 is 5.32 Å². The summed E-state index contributed by atoms with van der Waals surface area (Å²) < 4.78 is 4.87. The first-order chi connectivity index (χ1) is 13.6. The Labute approximate surface area is 164 Å². The Balaban J connectivity index is 1.75. The molecule has 0 aliphatic carbocycles.